The molecule has 1 unspecified atom stereocenters. The van der Waals surface area contributed by atoms with Gasteiger partial charge >= 0.3 is 0 Å². The maximum absolute atomic E-state index is 12.3. The van der Waals surface area contributed by atoms with Crippen LogP contribution in [-0.2, 0) is 0 Å². The molecule has 122 valence electrons. The van der Waals surface area contributed by atoms with Crippen molar-refractivity contribution in [2.75, 3.05) is 20.8 Å². The lowest BCUT2D eigenvalue weighted by molar-refractivity contribution is 0.0939. The van der Waals surface area contributed by atoms with Gasteiger partial charge in [0, 0.05) is 6.54 Å². The lowest BCUT2D eigenvalue weighted by Gasteiger charge is -2.14. The van der Waals surface area contributed by atoms with Gasteiger partial charge in [-0.2, -0.15) is 0 Å². The van der Waals surface area contributed by atoms with Gasteiger partial charge in [0.2, 0.25) is 0 Å². The summed E-state index contributed by atoms with van der Waals surface area (Å²) in [5, 5.41) is 12.9. The smallest absolute Gasteiger partial charge is 0.255 e. The van der Waals surface area contributed by atoms with E-state index in [1.807, 2.05) is 30.3 Å². The van der Waals surface area contributed by atoms with Crippen LogP contribution < -0.4 is 14.8 Å². The first-order valence-electron chi connectivity index (χ1n) is 7.39. The van der Waals surface area contributed by atoms with Crippen molar-refractivity contribution in [3.63, 3.8) is 0 Å². The van der Waals surface area contributed by atoms with E-state index in [9.17, 15) is 9.90 Å². The normalized spacial score (nSPS) is 11.6. The van der Waals surface area contributed by atoms with Crippen molar-refractivity contribution in [1.29, 1.82) is 0 Å². The summed E-state index contributed by atoms with van der Waals surface area (Å²) in [7, 11) is 3.02. The summed E-state index contributed by atoms with van der Waals surface area (Å²) in [5.41, 5.74) is 1.24. The van der Waals surface area contributed by atoms with E-state index in [1.165, 1.54) is 14.2 Å². The lowest BCUT2D eigenvalue weighted by atomic mass is 10.1. The Morgan fingerprint density at radius 2 is 1.83 bits per heavy atom. The van der Waals surface area contributed by atoms with Crippen molar-refractivity contribution in [1.82, 2.24) is 5.32 Å². The highest BCUT2D eigenvalue weighted by Gasteiger charge is 2.16. The zero-order valence-electron chi connectivity index (χ0n) is 13.3. The Morgan fingerprint density at radius 3 is 2.48 bits per heavy atom. The molecule has 2 aromatic rings. The topological polar surface area (TPSA) is 67.8 Å². The minimum atomic E-state index is -0.608. The first kappa shape index (κ1) is 16.8. The van der Waals surface area contributed by atoms with Crippen molar-refractivity contribution < 1.29 is 19.4 Å². The van der Waals surface area contributed by atoms with Crippen LogP contribution in [0.15, 0.2) is 48.5 Å². The number of para-hydroxylation sites is 1. The third-order valence-electron chi connectivity index (χ3n) is 3.54. The number of nitrogens with one attached hydrogen (secondary N) is 1. The van der Waals surface area contributed by atoms with Gasteiger partial charge in [0.15, 0.2) is 11.5 Å². The Hall–Kier alpha value is -2.53. The second kappa shape index (κ2) is 8.19. The first-order chi connectivity index (χ1) is 11.2. The third-order valence-corrected chi connectivity index (χ3v) is 3.54. The van der Waals surface area contributed by atoms with E-state index < -0.39 is 6.10 Å². The Labute approximate surface area is 135 Å². The monoisotopic (exact) mass is 315 g/mol. The average molecular weight is 315 g/mol. The predicted molar refractivity (Wildman–Crippen MR) is 87.9 cm³/mol. The van der Waals surface area contributed by atoms with Crippen LogP contribution in [0.3, 0.4) is 0 Å². The van der Waals surface area contributed by atoms with E-state index in [1.54, 1.807) is 18.2 Å². The van der Waals surface area contributed by atoms with E-state index in [4.69, 9.17) is 9.47 Å². The van der Waals surface area contributed by atoms with Crippen LogP contribution in [0.5, 0.6) is 11.5 Å². The molecule has 0 aliphatic carbocycles. The number of methoxy groups -OCH3 is 2. The van der Waals surface area contributed by atoms with Crippen LogP contribution in [0.1, 0.15) is 28.4 Å². The fourth-order valence-electron chi connectivity index (χ4n) is 2.33. The van der Waals surface area contributed by atoms with Crippen LogP contribution in [0.25, 0.3) is 0 Å². The van der Waals surface area contributed by atoms with Crippen LogP contribution in [0, 0.1) is 0 Å². The molecule has 1 amide bonds. The molecule has 0 saturated carbocycles. The van der Waals surface area contributed by atoms with E-state index in [0.29, 0.717) is 30.0 Å². The molecular formula is C18H21NO4. The summed E-state index contributed by atoms with van der Waals surface area (Å²) < 4.78 is 10.4. The fraction of sp³-hybridized carbons (Fsp3) is 0.278. The van der Waals surface area contributed by atoms with Gasteiger partial charge in [-0.25, -0.2) is 0 Å². The first-order valence-corrected chi connectivity index (χ1v) is 7.39. The van der Waals surface area contributed by atoms with Crippen LogP contribution in [-0.4, -0.2) is 31.8 Å². The number of carbonyl (C=O) groups is 1. The number of aliphatic hydroxyl groups excluding tert-OH is 1. The number of hydrogen-bond donors (Lipinski definition) is 2. The molecule has 5 nitrogen and oxygen atoms in total. The maximum atomic E-state index is 12.3. The van der Waals surface area contributed by atoms with Gasteiger partial charge in [-0.05, 0) is 24.1 Å². The molecule has 0 radical (unpaired) electrons. The molecule has 2 aromatic carbocycles. The Bertz CT molecular complexity index is 643. The number of aliphatic hydroxyl groups is 1. The third kappa shape index (κ3) is 4.23. The second-order valence-electron chi connectivity index (χ2n) is 5.01. The molecular weight excluding hydrogens is 294 g/mol. The molecule has 0 bridgehead atoms. The lowest BCUT2D eigenvalue weighted by Crippen LogP contribution is -2.26. The molecule has 0 heterocycles. The molecule has 2 rings (SSSR count). The van der Waals surface area contributed by atoms with Crippen molar-refractivity contribution >= 4 is 5.91 Å². The quantitative estimate of drug-likeness (QED) is 0.824. The summed E-state index contributed by atoms with van der Waals surface area (Å²) in [6.07, 6.45) is -0.175. The van der Waals surface area contributed by atoms with Crippen molar-refractivity contribution in [3.8, 4) is 11.5 Å². The minimum absolute atomic E-state index is 0.263. The van der Waals surface area contributed by atoms with E-state index in [0.717, 1.165) is 5.56 Å². The molecule has 0 saturated heterocycles. The maximum Gasteiger partial charge on any atom is 0.255 e. The van der Waals surface area contributed by atoms with Crippen molar-refractivity contribution in [3.05, 3.63) is 59.7 Å². The predicted octanol–water partition coefficient (Wildman–Crippen LogP) is 2.56. The van der Waals surface area contributed by atoms with Crippen LogP contribution >= 0.6 is 0 Å². The van der Waals surface area contributed by atoms with E-state index >= 15 is 0 Å². The summed E-state index contributed by atoms with van der Waals surface area (Å²) in [5.74, 6) is 0.640. The number of carbonyl (C=O) groups excluding carboxylic acids is 1. The number of hydrogen-bond acceptors (Lipinski definition) is 4. The summed E-state index contributed by atoms with van der Waals surface area (Å²) >= 11 is 0. The molecule has 5 heteroatoms. The number of amides is 1. The van der Waals surface area contributed by atoms with Gasteiger partial charge < -0.3 is 19.9 Å². The molecule has 0 aliphatic heterocycles. The summed E-state index contributed by atoms with van der Waals surface area (Å²) in [4.78, 5) is 12.3. The van der Waals surface area contributed by atoms with E-state index in [2.05, 4.69) is 5.32 Å². The zero-order chi connectivity index (χ0) is 16.7. The van der Waals surface area contributed by atoms with Crippen molar-refractivity contribution in [2.24, 2.45) is 0 Å². The van der Waals surface area contributed by atoms with Crippen LogP contribution in [0.4, 0.5) is 0 Å². The molecule has 0 aliphatic rings. The SMILES string of the molecule is COc1cccc(C(=O)NCCC(O)c2ccccc2)c1OC. The fourth-order valence-corrected chi connectivity index (χ4v) is 2.33. The summed E-state index contributed by atoms with van der Waals surface area (Å²) in [6.45, 7) is 0.356. The molecule has 2 N–H and O–H groups in total. The molecule has 0 spiro atoms. The largest absolute Gasteiger partial charge is 0.493 e. The molecule has 23 heavy (non-hydrogen) atoms. The van der Waals surface area contributed by atoms with Gasteiger partial charge in [0.25, 0.3) is 5.91 Å². The molecule has 1 atom stereocenters. The Balaban J connectivity index is 1.95. The van der Waals surface area contributed by atoms with E-state index in [-0.39, 0.29) is 5.91 Å². The van der Waals surface area contributed by atoms with Crippen LogP contribution in [0.2, 0.25) is 0 Å². The molecule has 0 fully saturated rings. The standard InChI is InChI=1S/C18H21NO4/c1-22-16-10-6-9-14(17(16)23-2)18(21)19-12-11-15(20)13-7-4-3-5-8-13/h3-10,15,20H,11-12H2,1-2H3,(H,19,21). The highest BCUT2D eigenvalue weighted by molar-refractivity contribution is 5.97. The van der Waals surface area contributed by atoms with Gasteiger partial charge in [0.05, 0.1) is 25.9 Å². The van der Waals surface area contributed by atoms with Gasteiger partial charge in [-0.3, -0.25) is 4.79 Å². The average Bonchev–Trinajstić information content (AvgIpc) is 2.61. The highest BCUT2D eigenvalue weighted by Crippen LogP contribution is 2.30. The van der Waals surface area contributed by atoms with Crippen molar-refractivity contribution in [2.45, 2.75) is 12.5 Å². The minimum Gasteiger partial charge on any atom is -0.493 e. The Morgan fingerprint density at radius 1 is 1.09 bits per heavy atom. The number of benzene rings is 2. The number of rotatable bonds is 7. The Kier molecular flexibility index (Phi) is 6.00. The molecule has 0 aromatic heterocycles. The van der Waals surface area contributed by atoms with Gasteiger partial charge in [-0.15, -0.1) is 0 Å². The second-order valence-corrected chi connectivity index (χ2v) is 5.01. The summed E-state index contributed by atoms with van der Waals surface area (Å²) in [6, 6.07) is 14.5. The van der Waals surface area contributed by atoms with Gasteiger partial charge in [-0.1, -0.05) is 36.4 Å². The number of ether oxygens (including phenoxy) is 2. The highest BCUT2D eigenvalue weighted by atomic mass is 16.5. The zero-order valence-corrected chi connectivity index (χ0v) is 13.3. The van der Waals surface area contributed by atoms with Gasteiger partial charge in [0.1, 0.15) is 0 Å².